The van der Waals surface area contributed by atoms with Crippen molar-refractivity contribution in [3.05, 3.63) is 52.7 Å². The largest absolute Gasteiger partial charge is 0.507 e. The Bertz CT molecular complexity index is 1200. The van der Waals surface area contributed by atoms with Crippen molar-refractivity contribution in [3.8, 4) is 11.5 Å². The Kier molecular flexibility index (Phi) is 6.95. The molecule has 1 amide bonds. The molecule has 186 valence electrons. The van der Waals surface area contributed by atoms with Gasteiger partial charge in [0.05, 0.1) is 17.7 Å². The maximum Gasteiger partial charge on any atom is 0.258 e. The fraction of sp³-hybridized carbons (Fsp3) is 0.500. The Hall–Kier alpha value is -3.06. The molecule has 1 aliphatic carbocycles. The molecular formula is C28H36N4O3. The van der Waals surface area contributed by atoms with Crippen molar-refractivity contribution in [2.45, 2.75) is 58.0 Å². The van der Waals surface area contributed by atoms with E-state index < -0.39 is 0 Å². The lowest BCUT2D eigenvalue weighted by molar-refractivity contribution is 0.0748. The summed E-state index contributed by atoms with van der Waals surface area (Å²) in [5.74, 6) is 1.33. The molecule has 0 spiro atoms. The molecule has 0 atom stereocenters. The van der Waals surface area contributed by atoms with Crippen LogP contribution in [0.2, 0.25) is 0 Å². The molecule has 35 heavy (non-hydrogen) atoms. The van der Waals surface area contributed by atoms with Gasteiger partial charge in [0.25, 0.3) is 5.91 Å². The van der Waals surface area contributed by atoms with Crippen LogP contribution in [0.5, 0.6) is 11.5 Å². The van der Waals surface area contributed by atoms with Gasteiger partial charge < -0.3 is 19.6 Å². The number of ether oxygens (including phenoxy) is 1. The van der Waals surface area contributed by atoms with Crippen molar-refractivity contribution in [2.75, 3.05) is 27.2 Å². The highest BCUT2D eigenvalue weighted by molar-refractivity contribution is 6.01. The number of H-pyrrole nitrogens is 1. The highest BCUT2D eigenvalue weighted by Gasteiger charge is 2.27. The molecule has 1 saturated carbocycles. The lowest BCUT2D eigenvalue weighted by atomic mass is 9.85. The van der Waals surface area contributed by atoms with Crippen LogP contribution in [-0.2, 0) is 19.5 Å². The van der Waals surface area contributed by atoms with Crippen LogP contribution >= 0.6 is 0 Å². The highest BCUT2D eigenvalue weighted by atomic mass is 16.5. The van der Waals surface area contributed by atoms with Crippen LogP contribution in [0.25, 0.3) is 10.9 Å². The zero-order chi connectivity index (χ0) is 24.4. The Balaban J connectivity index is 1.29. The summed E-state index contributed by atoms with van der Waals surface area (Å²) in [6.45, 7) is 2.70. The summed E-state index contributed by atoms with van der Waals surface area (Å²) in [6, 6.07) is 9.52. The number of phenolic OH excluding ortho intramolecular Hbond substituents is 1. The summed E-state index contributed by atoms with van der Waals surface area (Å²) in [6.07, 6.45) is 8.32. The van der Waals surface area contributed by atoms with Crippen LogP contribution in [0, 0.1) is 5.92 Å². The molecule has 2 heterocycles. The Labute approximate surface area is 207 Å². The SMILES string of the molecule is CN(C)CCCOc1ccc2c(c1)CN(C(=O)c1cc3c(CC4CCCCC4)[nH]nc3cc1O)C2. The van der Waals surface area contributed by atoms with Gasteiger partial charge in [-0.05, 0) is 62.2 Å². The molecule has 1 fully saturated rings. The number of phenols is 1. The van der Waals surface area contributed by atoms with Crippen molar-refractivity contribution in [1.82, 2.24) is 20.0 Å². The molecule has 0 radical (unpaired) electrons. The molecule has 2 aromatic carbocycles. The van der Waals surface area contributed by atoms with Gasteiger partial charge in [0, 0.05) is 36.8 Å². The van der Waals surface area contributed by atoms with Crippen LogP contribution in [0.15, 0.2) is 30.3 Å². The second-order valence-electron chi connectivity index (χ2n) is 10.4. The summed E-state index contributed by atoms with van der Waals surface area (Å²) in [5, 5.41) is 19.2. The number of aromatic nitrogens is 2. The molecule has 0 saturated heterocycles. The smallest absolute Gasteiger partial charge is 0.258 e. The zero-order valence-corrected chi connectivity index (χ0v) is 20.8. The lowest BCUT2D eigenvalue weighted by Gasteiger charge is -2.21. The quantitative estimate of drug-likeness (QED) is 0.453. The third kappa shape index (κ3) is 5.30. The van der Waals surface area contributed by atoms with Gasteiger partial charge in [0.1, 0.15) is 11.5 Å². The summed E-state index contributed by atoms with van der Waals surface area (Å²) in [7, 11) is 4.11. The first kappa shape index (κ1) is 23.7. The first-order valence-electron chi connectivity index (χ1n) is 12.9. The van der Waals surface area contributed by atoms with E-state index in [1.54, 1.807) is 11.0 Å². The number of rotatable bonds is 8. The lowest BCUT2D eigenvalue weighted by Crippen LogP contribution is -2.25. The monoisotopic (exact) mass is 476 g/mol. The minimum absolute atomic E-state index is 0.0147. The Morgan fingerprint density at radius 3 is 2.74 bits per heavy atom. The molecule has 1 aromatic heterocycles. The van der Waals surface area contributed by atoms with Crippen LogP contribution in [0.3, 0.4) is 0 Å². The molecule has 7 heteroatoms. The van der Waals surface area contributed by atoms with Gasteiger partial charge in [-0.2, -0.15) is 5.10 Å². The minimum Gasteiger partial charge on any atom is -0.507 e. The van der Waals surface area contributed by atoms with E-state index in [1.807, 2.05) is 24.3 Å². The van der Waals surface area contributed by atoms with E-state index in [9.17, 15) is 9.90 Å². The van der Waals surface area contributed by atoms with E-state index >= 15 is 0 Å². The Morgan fingerprint density at radius 1 is 1.14 bits per heavy atom. The molecule has 1 aliphatic heterocycles. The van der Waals surface area contributed by atoms with Gasteiger partial charge in [-0.1, -0.05) is 38.2 Å². The van der Waals surface area contributed by atoms with Crippen LogP contribution in [-0.4, -0.2) is 58.3 Å². The number of carbonyl (C=O) groups excluding carboxylic acids is 1. The molecule has 0 bridgehead atoms. The number of aromatic amines is 1. The van der Waals surface area contributed by atoms with E-state index in [0.717, 1.165) is 47.3 Å². The van der Waals surface area contributed by atoms with Crippen LogP contribution in [0.4, 0.5) is 0 Å². The van der Waals surface area contributed by atoms with E-state index in [0.29, 0.717) is 36.7 Å². The second-order valence-corrected chi connectivity index (χ2v) is 10.4. The van der Waals surface area contributed by atoms with Gasteiger partial charge in [-0.3, -0.25) is 9.89 Å². The molecule has 2 aliphatic rings. The van der Waals surface area contributed by atoms with Crippen molar-refractivity contribution in [3.63, 3.8) is 0 Å². The summed E-state index contributed by atoms with van der Waals surface area (Å²) in [5.41, 5.74) is 4.36. The zero-order valence-electron chi connectivity index (χ0n) is 20.8. The maximum absolute atomic E-state index is 13.5. The fourth-order valence-corrected chi connectivity index (χ4v) is 5.45. The molecule has 0 unspecified atom stereocenters. The molecule has 3 aromatic rings. The van der Waals surface area contributed by atoms with E-state index in [-0.39, 0.29) is 11.7 Å². The third-order valence-corrected chi connectivity index (χ3v) is 7.40. The van der Waals surface area contributed by atoms with Crippen molar-refractivity contribution < 1.29 is 14.6 Å². The number of nitrogens with zero attached hydrogens (tertiary/aromatic N) is 3. The summed E-state index contributed by atoms with van der Waals surface area (Å²) >= 11 is 0. The van der Waals surface area contributed by atoms with Gasteiger partial charge in [0.2, 0.25) is 0 Å². The predicted molar refractivity (Wildman–Crippen MR) is 137 cm³/mol. The summed E-state index contributed by atoms with van der Waals surface area (Å²) < 4.78 is 5.92. The number of amides is 1. The van der Waals surface area contributed by atoms with E-state index in [4.69, 9.17) is 4.74 Å². The average molecular weight is 477 g/mol. The van der Waals surface area contributed by atoms with Crippen LogP contribution < -0.4 is 4.74 Å². The summed E-state index contributed by atoms with van der Waals surface area (Å²) in [4.78, 5) is 17.4. The first-order valence-corrected chi connectivity index (χ1v) is 12.9. The standard InChI is InChI=1S/C28H36N4O3/c1-31(2)11-6-12-35-22-10-9-20-17-32(18-21(20)14-22)28(34)24-15-23-25(13-19-7-4-3-5-8-19)29-30-26(23)16-27(24)33/h9-10,14-16,19,33H,3-8,11-13,17-18H2,1-2H3,(H,29,30). The van der Waals surface area contributed by atoms with E-state index in [2.05, 4.69) is 29.2 Å². The van der Waals surface area contributed by atoms with Crippen molar-refractivity contribution in [1.29, 1.82) is 0 Å². The third-order valence-electron chi connectivity index (χ3n) is 7.40. The molecule has 5 rings (SSSR count). The van der Waals surface area contributed by atoms with Crippen molar-refractivity contribution in [2.24, 2.45) is 5.92 Å². The molecular weight excluding hydrogens is 440 g/mol. The van der Waals surface area contributed by atoms with Gasteiger partial charge in [0.15, 0.2) is 0 Å². The average Bonchev–Trinajstić information content (AvgIpc) is 3.45. The number of hydrogen-bond donors (Lipinski definition) is 2. The molecule has 2 N–H and O–H groups in total. The van der Waals surface area contributed by atoms with Crippen molar-refractivity contribution >= 4 is 16.8 Å². The second kappa shape index (κ2) is 10.3. The Morgan fingerprint density at radius 2 is 1.94 bits per heavy atom. The predicted octanol–water partition coefficient (Wildman–Crippen LogP) is 4.88. The number of nitrogens with one attached hydrogen (secondary N) is 1. The number of hydrogen-bond acceptors (Lipinski definition) is 5. The number of benzene rings is 2. The topological polar surface area (TPSA) is 81.7 Å². The van der Waals surface area contributed by atoms with E-state index in [1.165, 1.54) is 32.1 Å². The minimum atomic E-state index is -0.154. The van der Waals surface area contributed by atoms with Gasteiger partial charge >= 0.3 is 0 Å². The van der Waals surface area contributed by atoms with Gasteiger partial charge in [-0.15, -0.1) is 0 Å². The highest BCUT2D eigenvalue weighted by Crippen LogP contribution is 2.33. The maximum atomic E-state index is 13.5. The first-order chi connectivity index (χ1) is 17.0. The van der Waals surface area contributed by atoms with Gasteiger partial charge in [-0.25, -0.2) is 0 Å². The number of aromatic hydroxyl groups is 1. The number of carbonyl (C=O) groups is 1. The number of fused-ring (bicyclic) bond motifs is 2. The normalized spacial score (nSPS) is 16.3. The van der Waals surface area contributed by atoms with Crippen LogP contribution in [0.1, 0.15) is 65.7 Å². The molecule has 7 nitrogen and oxygen atoms in total. The fourth-order valence-electron chi connectivity index (χ4n) is 5.45.